The van der Waals surface area contributed by atoms with Gasteiger partial charge < -0.3 is 4.40 Å². The van der Waals surface area contributed by atoms with Crippen molar-refractivity contribution in [3.05, 3.63) is 180 Å². The van der Waals surface area contributed by atoms with Gasteiger partial charge in [-0.2, -0.15) is 47.5 Å². The summed E-state index contributed by atoms with van der Waals surface area (Å²) in [5, 5.41) is 41.7. The topological polar surface area (TPSA) is 142 Å². The van der Waals surface area contributed by atoms with E-state index in [0.717, 1.165) is 45.8 Å². The van der Waals surface area contributed by atoms with Crippen molar-refractivity contribution in [2.45, 2.75) is 125 Å². The van der Waals surface area contributed by atoms with Gasteiger partial charge in [0.1, 0.15) is 10.7 Å². The number of pyridine rings is 1. The van der Waals surface area contributed by atoms with Gasteiger partial charge in [-0.05, 0) is 161 Å². The van der Waals surface area contributed by atoms with Crippen LogP contribution in [0, 0.1) is 62.3 Å². The minimum Gasteiger partial charge on any atom is -0.304 e. The molecular formula is C66H84N16S3. The third-order valence-corrected chi connectivity index (χ3v) is 18.9. The zero-order valence-corrected chi connectivity index (χ0v) is 55.1. The highest BCUT2D eigenvalue weighted by atomic mass is 32.2. The Bertz CT molecular complexity index is 3780. The van der Waals surface area contributed by atoms with Crippen molar-refractivity contribution in [1.29, 1.82) is 0 Å². The Morgan fingerprint density at radius 1 is 0.365 bits per heavy atom. The summed E-state index contributed by atoms with van der Waals surface area (Å²) >= 11 is 5.44. The molecule has 0 atom stereocenters. The quantitative estimate of drug-likeness (QED) is 0.145. The maximum Gasteiger partial charge on any atom is 0.121 e. The number of aryl methyl sites for hydroxylation is 16. The minimum absolute atomic E-state index is 1.05. The highest BCUT2D eigenvalue weighted by Crippen LogP contribution is 2.31. The van der Waals surface area contributed by atoms with Gasteiger partial charge in [-0.1, -0.05) is 42.5 Å². The van der Waals surface area contributed by atoms with Crippen LogP contribution in [0.2, 0.25) is 0 Å². The number of rotatable bonds is 0. The summed E-state index contributed by atoms with van der Waals surface area (Å²) in [5.41, 5.74) is 22.9. The van der Waals surface area contributed by atoms with Crippen LogP contribution in [0.5, 0.6) is 0 Å². The standard InChI is InChI=1S/2C9H14N2.3C9H10N2.C7H10N2S.2C7H8N2S/c4*1-7-8-5-3-4-6-9(8)11(2)10-7;1-7-9-5-3-4-6-11(9)8(2)10-7;2*1-5-6-3-10-4-7(6)9(2)8-5;1-5-6-3-4-10-7(6)9(2)8-5/h2*3-6H2,1-2H3;3*3-6H,1-2H3;3-4H2,1-2H3;2*3-4H,1-2H3. The van der Waals surface area contributed by atoms with E-state index in [0.29, 0.717) is 0 Å². The van der Waals surface area contributed by atoms with Crippen molar-refractivity contribution in [1.82, 2.24) is 77.8 Å². The van der Waals surface area contributed by atoms with Crippen molar-refractivity contribution in [3.63, 3.8) is 0 Å². The molecule has 0 saturated carbocycles. The van der Waals surface area contributed by atoms with E-state index in [4.69, 9.17) is 0 Å². The van der Waals surface area contributed by atoms with Gasteiger partial charge in [-0.15, -0.1) is 22.7 Å². The third-order valence-electron chi connectivity index (χ3n) is 16.2. The first-order valence-corrected chi connectivity index (χ1v) is 32.3. The number of hydrogen-bond donors (Lipinski definition) is 0. The summed E-state index contributed by atoms with van der Waals surface area (Å²) < 4.78 is 15.8. The van der Waals surface area contributed by atoms with E-state index < -0.39 is 0 Å². The molecule has 85 heavy (non-hydrogen) atoms. The average Bonchev–Trinajstić information content (AvgIpc) is 4.59. The lowest BCUT2D eigenvalue weighted by atomic mass is 9.96. The first-order chi connectivity index (χ1) is 40.8. The number of hydrogen-bond acceptors (Lipinski definition) is 11. The number of thioether (sulfide) groups is 1. The molecule has 13 aromatic rings. The van der Waals surface area contributed by atoms with Crippen LogP contribution in [0.4, 0.5) is 0 Å². The molecule has 0 unspecified atom stereocenters. The summed E-state index contributed by atoms with van der Waals surface area (Å²) in [5.74, 6) is 3.36. The number of thiophene rings is 2. The Kier molecular flexibility index (Phi) is 20.1. The third kappa shape index (κ3) is 14.1. The largest absolute Gasteiger partial charge is 0.304 e. The maximum atomic E-state index is 4.41. The number of nitrogens with zero attached hydrogens (tertiary/aromatic N) is 16. The fraction of sp³-hybridized carbons (Fsp3) is 0.394. The van der Waals surface area contributed by atoms with Gasteiger partial charge in [0.15, 0.2) is 0 Å². The Hall–Kier alpha value is -7.61. The van der Waals surface area contributed by atoms with E-state index in [9.17, 15) is 0 Å². The Labute approximate surface area is 512 Å². The molecule has 2 aromatic carbocycles. The lowest BCUT2D eigenvalue weighted by molar-refractivity contribution is 0.626. The normalized spacial score (nSPS) is 12.9. The summed E-state index contributed by atoms with van der Waals surface area (Å²) in [7, 11) is 14.0. The molecule has 0 radical (unpaired) electrons. The molecule has 0 amide bonds. The van der Waals surface area contributed by atoms with E-state index in [1.54, 1.807) is 22.7 Å². The van der Waals surface area contributed by atoms with E-state index in [1.807, 2.05) is 164 Å². The van der Waals surface area contributed by atoms with E-state index in [1.165, 1.54) is 151 Å². The number of benzene rings is 2. The number of para-hydroxylation sites is 2. The van der Waals surface area contributed by atoms with Crippen molar-refractivity contribution < 1.29 is 0 Å². The van der Waals surface area contributed by atoms with Gasteiger partial charge in [0, 0.05) is 116 Å². The van der Waals surface area contributed by atoms with Crippen molar-refractivity contribution >= 4 is 82.9 Å². The molecule has 16 nitrogen and oxygen atoms in total. The number of aromatic nitrogens is 16. The minimum atomic E-state index is 1.05. The van der Waals surface area contributed by atoms with Crippen LogP contribution in [-0.2, 0) is 86.5 Å². The molecule has 12 heterocycles. The molecule has 0 fully saturated rings. The van der Waals surface area contributed by atoms with Gasteiger partial charge in [0.05, 0.1) is 73.3 Å². The molecule has 2 aliphatic carbocycles. The predicted octanol–water partition coefficient (Wildman–Crippen LogP) is 14.3. The second-order valence-corrected chi connectivity index (χ2v) is 24.8. The first kappa shape index (κ1) is 61.9. The second kappa shape index (κ2) is 27.6. The molecule has 19 heteroatoms. The molecule has 11 aromatic heterocycles. The van der Waals surface area contributed by atoms with Crippen LogP contribution < -0.4 is 0 Å². The van der Waals surface area contributed by atoms with Gasteiger partial charge in [-0.3, -0.25) is 32.8 Å². The Morgan fingerprint density at radius 2 is 0.812 bits per heavy atom. The van der Waals surface area contributed by atoms with Crippen molar-refractivity contribution in [3.8, 4) is 0 Å². The van der Waals surface area contributed by atoms with Crippen molar-refractivity contribution in [2.24, 2.45) is 49.3 Å². The average molecular weight is 1200 g/mol. The zero-order valence-electron chi connectivity index (χ0n) is 52.7. The predicted molar refractivity (Wildman–Crippen MR) is 354 cm³/mol. The van der Waals surface area contributed by atoms with Crippen LogP contribution in [-0.4, -0.2) is 77.8 Å². The van der Waals surface area contributed by atoms with E-state index in [-0.39, 0.29) is 0 Å². The van der Waals surface area contributed by atoms with Gasteiger partial charge in [0.2, 0.25) is 0 Å². The van der Waals surface area contributed by atoms with Crippen LogP contribution in [0.3, 0.4) is 0 Å². The van der Waals surface area contributed by atoms with Gasteiger partial charge >= 0.3 is 0 Å². The molecule has 0 bridgehead atoms. The summed E-state index contributed by atoms with van der Waals surface area (Å²) in [4.78, 5) is 5.61. The summed E-state index contributed by atoms with van der Waals surface area (Å²) in [6.07, 6.45) is 12.4. The fourth-order valence-electron chi connectivity index (χ4n) is 11.8. The summed E-state index contributed by atoms with van der Waals surface area (Å²) in [6, 6.07) is 24.7. The first-order valence-electron chi connectivity index (χ1n) is 29.3. The smallest absolute Gasteiger partial charge is 0.121 e. The molecule has 446 valence electrons. The Morgan fingerprint density at radius 3 is 1.32 bits per heavy atom. The Balaban J connectivity index is 0.000000116. The molecule has 16 rings (SSSR count). The second-order valence-electron chi connectivity index (χ2n) is 22.2. The molecule has 0 saturated heterocycles. The monoisotopic (exact) mass is 1200 g/mol. The highest BCUT2D eigenvalue weighted by molar-refractivity contribution is 7.98. The fourth-order valence-corrected chi connectivity index (χ4v) is 14.8. The molecule has 3 aliphatic rings. The lowest BCUT2D eigenvalue weighted by Gasteiger charge is -2.11. The van der Waals surface area contributed by atoms with Gasteiger partial charge in [-0.25, -0.2) is 4.98 Å². The molecular weight excluding hydrogens is 1110 g/mol. The van der Waals surface area contributed by atoms with Gasteiger partial charge in [0.25, 0.3) is 0 Å². The molecule has 1 aliphatic heterocycles. The number of imidazole rings is 1. The lowest BCUT2D eigenvalue weighted by Crippen LogP contribution is -2.05. The molecule has 0 N–H and O–H groups in total. The SMILES string of the molecule is Cc1nc(C)n2ccccc12.Cc1nn(C)c2c1CCCC2.Cc1nn(C)c2c1CCCC2.Cc1nn(C)c2c1CSC2.Cc1nn(C)c2ccccc12.Cc1nn(C)c2ccccc12.Cc1nn(C)c2cscc12.Cc1nn(C)c2sccc12. The zero-order chi connectivity index (χ0) is 60.6. The van der Waals surface area contributed by atoms with Crippen LogP contribution in [0.1, 0.15) is 111 Å². The summed E-state index contributed by atoms with van der Waals surface area (Å²) in [6.45, 7) is 18.5. The number of fused-ring (bicyclic) bond motifs is 8. The van der Waals surface area contributed by atoms with E-state index >= 15 is 0 Å². The highest BCUT2D eigenvalue weighted by Gasteiger charge is 2.19. The van der Waals surface area contributed by atoms with Crippen LogP contribution in [0.25, 0.3) is 48.4 Å². The van der Waals surface area contributed by atoms with Crippen LogP contribution >= 0.6 is 34.4 Å². The van der Waals surface area contributed by atoms with Crippen LogP contribution in [0.15, 0.2) is 95.1 Å². The molecule has 0 spiro atoms. The van der Waals surface area contributed by atoms with E-state index in [2.05, 4.69) is 132 Å². The van der Waals surface area contributed by atoms with Crippen molar-refractivity contribution in [2.75, 3.05) is 0 Å². The maximum absolute atomic E-state index is 4.41.